The Balaban J connectivity index is 0. The fourth-order valence-electron chi connectivity index (χ4n) is 1.95. The number of rotatable bonds is 9. The van der Waals surface area contributed by atoms with E-state index in [0.29, 0.717) is 25.7 Å². The normalized spacial score (nSPS) is 18.8. The van der Waals surface area contributed by atoms with Gasteiger partial charge in [-0.1, -0.05) is 34.3 Å². The lowest BCUT2D eigenvalue weighted by atomic mass is 10.1. The second kappa shape index (κ2) is 16.5. The highest BCUT2D eigenvalue weighted by Gasteiger charge is 2.50. The highest BCUT2D eigenvalue weighted by molar-refractivity contribution is 7.09. The molecule has 5 N–H and O–H groups in total. The summed E-state index contributed by atoms with van der Waals surface area (Å²) in [6.45, 7) is 12.9. The molecule has 0 aromatic heterocycles. The van der Waals surface area contributed by atoms with Gasteiger partial charge >= 0.3 is 5.97 Å². The van der Waals surface area contributed by atoms with Crippen LogP contribution in [0.15, 0.2) is 41.4 Å². The molecule has 0 aliphatic heterocycles. The molecule has 1 aliphatic carbocycles. The summed E-state index contributed by atoms with van der Waals surface area (Å²) in [5.74, 6) is -0.0715. The zero-order chi connectivity index (χ0) is 24.6. The van der Waals surface area contributed by atoms with Crippen LogP contribution in [0.4, 0.5) is 0 Å². The van der Waals surface area contributed by atoms with Gasteiger partial charge in [0, 0.05) is 28.9 Å². The molecule has 2 unspecified atom stereocenters. The quantitative estimate of drug-likeness (QED) is 0.120. The number of hydrogen-bond acceptors (Lipinski definition) is 7. The minimum absolute atomic E-state index is 0.131. The van der Waals surface area contributed by atoms with Crippen LogP contribution in [0, 0.1) is 11.3 Å². The minimum atomic E-state index is -0.267. The van der Waals surface area contributed by atoms with Gasteiger partial charge in [-0.2, -0.15) is 4.99 Å². The van der Waals surface area contributed by atoms with Crippen LogP contribution in [0.1, 0.15) is 41.0 Å². The van der Waals surface area contributed by atoms with Crippen molar-refractivity contribution in [1.82, 2.24) is 4.90 Å². The Bertz CT molecular complexity index is 655. The van der Waals surface area contributed by atoms with Crippen molar-refractivity contribution in [3.05, 3.63) is 36.4 Å². The summed E-state index contributed by atoms with van der Waals surface area (Å²) in [6, 6.07) is 0.333. The van der Waals surface area contributed by atoms with E-state index in [1.54, 1.807) is 24.9 Å². The van der Waals surface area contributed by atoms with Gasteiger partial charge in [0.2, 0.25) is 6.41 Å². The molecular formula is C21H39N4O5P. The summed E-state index contributed by atoms with van der Waals surface area (Å²) in [5, 5.41) is 7.86. The lowest BCUT2D eigenvalue weighted by molar-refractivity contribution is -0.149. The van der Waals surface area contributed by atoms with Crippen molar-refractivity contribution in [2.24, 2.45) is 27.8 Å². The Kier molecular flexibility index (Phi) is 16.5. The first kappa shape index (κ1) is 31.0. The average molecular weight is 459 g/mol. The molecule has 2 atom stereocenters. The van der Waals surface area contributed by atoms with Gasteiger partial charge in [0.25, 0.3) is 0 Å². The van der Waals surface area contributed by atoms with Gasteiger partial charge in [0.15, 0.2) is 0 Å². The SMILES string of the molecule is C=C(C)O.CC(C)C(=O)OCC1(COP)C/C1=C/N(C)/C=C\C(N)=NC=O.CC(C)N. The summed E-state index contributed by atoms with van der Waals surface area (Å²) < 4.78 is 10.5. The number of nitrogens with two attached hydrogens (primary N) is 2. The molecule has 10 heteroatoms. The number of amides is 1. The summed E-state index contributed by atoms with van der Waals surface area (Å²) in [5.41, 5.74) is 11.5. The van der Waals surface area contributed by atoms with Gasteiger partial charge in [0.05, 0.1) is 23.7 Å². The molecule has 0 aromatic rings. The number of ether oxygens (including phenoxy) is 1. The Morgan fingerprint density at radius 3 is 2.32 bits per heavy atom. The van der Waals surface area contributed by atoms with Crippen molar-refractivity contribution in [2.75, 3.05) is 20.3 Å². The molecule has 0 bridgehead atoms. The van der Waals surface area contributed by atoms with Crippen molar-refractivity contribution < 1.29 is 24.0 Å². The molecule has 9 nitrogen and oxygen atoms in total. The van der Waals surface area contributed by atoms with E-state index in [9.17, 15) is 9.59 Å². The van der Waals surface area contributed by atoms with Crippen molar-refractivity contribution in [1.29, 1.82) is 0 Å². The molecule has 1 aliphatic rings. The van der Waals surface area contributed by atoms with Crippen LogP contribution >= 0.6 is 9.47 Å². The van der Waals surface area contributed by atoms with Crippen molar-refractivity contribution in [3.63, 3.8) is 0 Å². The zero-order valence-electron chi connectivity index (χ0n) is 19.5. The third-order valence-electron chi connectivity index (χ3n) is 3.45. The topological polar surface area (TPSA) is 140 Å². The third kappa shape index (κ3) is 17.2. The van der Waals surface area contributed by atoms with Crippen LogP contribution in [-0.4, -0.2) is 54.5 Å². The van der Waals surface area contributed by atoms with Gasteiger partial charge in [-0.25, -0.2) is 0 Å². The molecule has 0 spiro atoms. The predicted molar refractivity (Wildman–Crippen MR) is 128 cm³/mol. The van der Waals surface area contributed by atoms with Crippen molar-refractivity contribution in [3.8, 4) is 0 Å². The van der Waals surface area contributed by atoms with E-state index >= 15 is 0 Å². The van der Waals surface area contributed by atoms with Crippen LogP contribution < -0.4 is 11.5 Å². The van der Waals surface area contributed by atoms with Gasteiger partial charge in [-0.3, -0.25) is 9.59 Å². The lowest BCUT2D eigenvalue weighted by Gasteiger charge is -2.16. The first-order chi connectivity index (χ1) is 14.3. The van der Waals surface area contributed by atoms with E-state index in [2.05, 4.69) is 21.0 Å². The number of carbonyl (C=O) groups is 2. The Morgan fingerprint density at radius 1 is 1.39 bits per heavy atom. The van der Waals surface area contributed by atoms with E-state index in [4.69, 9.17) is 25.8 Å². The number of aliphatic hydroxyl groups is 1. The number of esters is 1. The molecular weight excluding hydrogens is 419 g/mol. The van der Waals surface area contributed by atoms with E-state index < -0.39 is 0 Å². The third-order valence-corrected chi connectivity index (χ3v) is 3.62. The van der Waals surface area contributed by atoms with Gasteiger partial charge < -0.3 is 30.7 Å². The van der Waals surface area contributed by atoms with Gasteiger partial charge in [-0.15, -0.1) is 0 Å². The Hall–Kier alpha value is -2.22. The summed E-state index contributed by atoms with van der Waals surface area (Å²) in [6.07, 6.45) is 6.34. The number of aliphatic hydroxyl groups excluding tert-OH is 1. The molecule has 31 heavy (non-hydrogen) atoms. The van der Waals surface area contributed by atoms with Crippen molar-refractivity contribution in [2.45, 2.75) is 47.1 Å². The first-order valence-electron chi connectivity index (χ1n) is 9.77. The number of carbonyl (C=O) groups excluding carboxylic acids is 2. The number of allylic oxidation sites excluding steroid dienone is 1. The number of nitrogens with zero attached hydrogens (tertiary/aromatic N) is 2. The standard InChI is InChI=1S/C15H24N3O4P.C3H9N.C3H6O/c1-11(2)14(20)21-8-15(9-22-23)6-12(15)7-18(3)5-4-13(16)17-10-19;2*1-3(2)4/h4-5,7,10-11H,6,8-9,23H2,1-3H3,(H2,16,17,19);3H,4H2,1-2H3;4H,1H2,2H3/b5-4-,12-7-;;. The van der Waals surface area contributed by atoms with Crippen molar-refractivity contribution >= 4 is 27.7 Å². The Morgan fingerprint density at radius 2 is 1.90 bits per heavy atom. The van der Waals surface area contributed by atoms with Crippen LogP contribution in [0.5, 0.6) is 0 Å². The first-order valence-corrected chi connectivity index (χ1v) is 10.2. The molecule has 1 saturated carbocycles. The fraction of sp³-hybridized carbons (Fsp3) is 0.571. The monoisotopic (exact) mass is 458 g/mol. The van der Waals surface area contributed by atoms with Crippen LogP contribution in [0.3, 0.4) is 0 Å². The highest BCUT2D eigenvalue weighted by Crippen LogP contribution is 2.53. The van der Waals surface area contributed by atoms with Gasteiger partial charge in [-0.05, 0) is 31.0 Å². The maximum absolute atomic E-state index is 11.6. The molecule has 1 rings (SSSR count). The highest BCUT2D eigenvalue weighted by atomic mass is 31.0. The molecule has 0 aromatic carbocycles. The van der Waals surface area contributed by atoms with E-state index in [1.165, 1.54) is 13.0 Å². The predicted octanol–water partition coefficient (Wildman–Crippen LogP) is 2.66. The van der Waals surface area contributed by atoms with Crippen LogP contribution in [0.25, 0.3) is 0 Å². The molecule has 0 radical (unpaired) electrons. The zero-order valence-corrected chi connectivity index (χ0v) is 20.7. The average Bonchev–Trinajstić information content (AvgIpc) is 3.29. The van der Waals surface area contributed by atoms with E-state index in [-0.39, 0.29) is 28.9 Å². The maximum Gasteiger partial charge on any atom is 0.308 e. The smallest absolute Gasteiger partial charge is 0.308 e. The minimum Gasteiger partial charge on any atom is -0.513 e. The summed E-state index contributed by atoms with van der Waals surface area (Å²) in [7, 11) is 4.06. The molecule has 178 valence electrons. The fourth-order valence-corrected chi connectivity index (χ4v) is 2.27. The van der Waals surface area contributed by atoms with E-state index in [1.807, 2.05) is 27.1 Å². The molecule has 1 amide bonds. The molecule has 0 saturated heterocycles. The lowest BCUT2D eigenvalue weighted by Crippen LogP contribution is -2.22. The summed E-state index contributed by atoms with van der Waals surface area (Å²) >= 11 is 0. The molecule has 1 fully saturated rings. The molecule has 0 heterocycles. The van der Waals surface area contributed by atoms with Crippen LogP contribution in [0.2, 0.25) is 0 Å². The number of hydrogen-bond donors (Lipinski definition) is 3. The maximum atomic E-state index is 11.6. The van der Waals surface area contributed by atoms with Gasteiger partial charge in [0.1, 0.15) is 12.4 Å². The second-order valence-electron chi connectivity index (χ2n) is 7.80. The summed E-state index contributed by atoms with van der Waals surface area (Å²) in [4.78, 5) is 27.0. The van der Waals surface area contributed by atoms with E-state index in [0.717, 1.165) is 12.0 Å². The largest absolute Gasteiger partial charge is 0.513 e. The Labute approximate surface area is 188 Å². The van der Waals surface area contributed by atoms with Crippen LogP contribution in [-0.2, 0) is 18.8 Å². The second-order valence-corrected chi connectivity index (χ2v) is 8.14. The number of amidine groups is 1. The number of aliphatic imine (C=N–C) groups is 1.